The normalized spacial score (nSPS) is 24.9. The van der Waals surface area contributed by atoms with Crippen LogP contribution in [0.5, 0.6) is 0 Å². The highest BCUT2D eigenvalue weighted by Crippen LogP contribution is 2.40. The predicted octanol–water partition coefficient (Wildman–Crippen LogP) is 1.42. The number of rotatable bonds is 3. The topological polar surface area (TPSA) is 66.3 Å². The van der Waals surface area contributed by atoms with E-state index in [2.05, 4.69) is 9.36 Å². The Hall–Kier alpha value is -0.820. The summed E-state index contributed by atoms with van der Waals surface area (Å²) in [5.41, 5.74) is 0. The van der Waals surface area contributed by atoms with Gasteiger partial charge in [-0.3, -0.25) is 0 Å². The smallest absolute Gasteiger partial charge is 0.327 e. The number of carboxylic acid groups (broad SMARTS) is 1. The van der Waals surface area contributed by atoms with Gasteiger partial charge in [-0.15, -0.1) is 0 Å². The fraction of sp³-hybridized carbons (Fsp3) is 0.700. The summed E-state index contributed by atoms with van der Waals surface area (Å²) in [4.78, 5) is 17.6. The van der Waals surface area contributed by atoms with Crippen LogP contribution in [0, 0.1) is 0 Å². The number of carboxylic acids is 1. The van der Waals surface area contributed by atoms with Gasteiger partial charge in [0.15, 0.2) is 0 Å². The molecule has 1 aromatic rings. The van der Waals surface area contributed by atoms with Gasteiger partial charge in [-0.25, -0.2) is 9.78 Å². The van der Waals surface area contributed by atoms with Crippen molar-refractivity contribution in [1.82, 2.24) is 9.36 Å². The van der Waals surface area contributed by atoms with Crippen molar-refractivity contribution in [1.29, 1.82) is 0 Å². The number of thioether (sulfide) groups is 1. The molecule has 17 heavy (non-hydrogen) atoms. The van der Waals surface area contributed by atoms with E-state index < -0.39 is 12.0 Å². The summed E-state index contributed by atoms with van der Waals surface area (Å²) in [5, 5.41) is 9.98. The van der Waals surface area contributed by atoms with E-state index in [9.17, 15) is 9.90 Å². The number of hydrogen-bond donors (Lipinski definition) is 1. The Bertz CT molecular complexity index is 433. The monoisotopic (exact) mass is 271 g/mol. The maximum atomic E-state index is 11.2. The average Bonchev–Trinajstić information content (AvgIpc) is 3.07. The van der Waals surface area contributed by atoms with Crippen LogP contribution in [-0.2, 0) is 4.79 Å². The van der Waals surface area contributed by atoms with Crippen molar-refractivity contribution in [3.05, 3.63) is 5.82 Å². The number of aliphatic carboxylic acids is 1. The molecular weight excluding hydrogens is 258 g/mol. The molecule has 0 radical (unpaired) electrons. The van der Waals surface area contributed by atoms with E-state index in [1.165, 1.54) is 24.4 Å². The maximum absolute atomic E-state index is 11.2. The van der Waals surface area contributed by atoms with Gasteiger partial charge < -0.3 is 10.0 Å². The molecule has 0 aromatic carbocycles. The zero-order chi connectivity index (χ0) is 11.8. The van der Waals surface area contributed by atoms with Gasteiger partial charge in [0.2, 0.25) is 5.13 Å². The van der Waals surface area contributed by atoms with E-state index in [1.54, 1.807) is 11.8 Å². The molecule has 3 rings (SSSR count). The van der Waals surface area contributed by atoms with Gasteiger partial charge in [-0.1, -0.05) is 0 Å². The molecule has 7 heteroatoms. The summed E-state index contributed by atoms with van der Waals surface area (Å²) in [6.45, 7) is 0.751. The van der Waals surface area contributed by atoms with Crippen LogP contribution in [0.25, 0.3) is 0 Å². The van der Waals surface area contributed by atoms with Gasteiger partial charge in [0.05, 0.1) is 0 Å². The van der Waals surface area contributed by atoms with Crippen molar-refractivity contribution in [2.75, 3.05) is 23.0 Å². The fourth-order valence-electron chi connectivity index (χ4n) is 1.89. The van der Waals surface area contributed by atoms with Crippen LogP contribution in [0.1, 0.15) is 24.6 Å². The van der Waals surface area contributed by atoms with Gasteiger partial charge in [-0.05, 0) is 12.8 Å². The van der Waals surface area contributed by atoms with Crippen molar-refractivity contribution in [2.45, 2.75) is 24.8 Å². The van der Waals surface area contributed by atoms with Crippen molar-refractivity contribution < 1.29 is 9.90 Å². The lowest BCUT2D eigenvalue weighted by Gasteiger charge is -2.31. The lowest BCUT2D eigenvalue weighted by Crippen LogP contribution is -2.47. The molecular formula is C10H13N3O2S2. The minimum atomic E-state index is -0.764. The predicted molar refractivity (Wildman–Crippen MR) is 68.0 cm³/mol. The van der Waals surface area contributed by atoms with Crippen molar-refractivity contribution in [2.24, 2.45) is 0 Å². The summed E-state index contributed by atoms with van der Waals surface area (Å²) < 4.78 is 4.34. The third-order valence-electron chi connectivity index (χ3n) is 3.03. The molecule has 0 bridgehead atoms. The van der Waals surface area contributed by atoms with Crippen LogP contribution in [0.4, 0.5) is 5.13 Å². The molecule has 1 saturated carbocycles. The summed E-state index contributed by atoms with van der Waals surface area (Å²) in [7, 11) is 0. The third-order valence-corrected chi connectivity index (χ3v) is 4.82. The van der Waals surface area contributed by atoms with Gasteiger partial charge >= 0.3 is 5.97 Å². The SMILES string of the molecule is O=C(O)C1CSCCN1c1nc(C2CC2)ns1. The second kappa shape index (κ2) is 4.45. The average molecular weight is 271 g/mol. The van der Waals surface area contributed by atoms with Gasteiger partial charge in [0, 0.05) is 35.5 Å². The zero-order valence-electron chi connectivity index (χ0n) is 9.20. The number of hydrogen-bond acceptors (Lipinski definition) is 6. The number of carbonyl (C=O) groups is 1. The van der Waals surface area contributed by atoms with Crippen LogP contribution in [0.3, 0.4) is 0 Å². The van der Waals surface area contributed by atoms with E-state index >= 15 is 0 Å². The lowest BCUT2D eigenvalue weighted by molar-refractivity contribution is -0.138. The van der Waals surface area contributed by atoms with E-state index in [-0.39, 0.29) is 0 Å². The first-order valence-electron chi connectivity index (χ1n) is 5.66. The zero-order valence-corrected chi connectivity index (χ0v) is 10.8. The molecule has 92 valence electrons. The minimum absolute atomic E-state index is 0.450. The molecule has 1 aliphatic heterocycles. The second-order valence-corrected chi connectivity index (χ2v) is 6.21. The molecule has 2 fully saturated rings. The molecule has 2 aliphatic rings. The highest BCUT2D eigenvalue weighted by Gasteiger charge is 2.33. The molecule has 0 spiro atoms. The Kier molecular flexibility index (Phi) is 2.96. The minimum Gasteiger partial charge on any atom is -0.480 e. The summed E-state index contributed by atoms with van der Waals surface area (Å²) in [6, 6.07) is -0.450. The maximum Gasteiger partial charge on any atom is 0.327 e. The Morgan fingerprint density at radius 3 is 3.00 bits per heavy atom. The first-order valence-corrected chi connectivity index (χ1v) is 7.59. The Morgan fingerprint density at radius 2 is 2.29 bits per heavy atom. The Balaban J connectivity index is 1.81. The summed E-state index contributed by atoms with van der Waals surface area (Å²) in [6.07, 6.45) is 2.35. The molecule has 1 N–H and O–H groups in total. The van der Waals surface area contributed by atoms with Crippen molar-refractivity contribution in [3.63, 3.8) is 0 Å². The second-order valence-electron chi connectivity index (χ2n) is 4.33. The fourth-order valence-corrected chi connectivity index (χ4v) is 3.75. The molecule has 1 saturated heterocycles. The van der Waals surface area contributed by atoms with Crippen LogP contribution in [0.2, 0.25) is 0 Å². The first-order chi connectivity index (χ1) is 8.25. The van der Waals surface area contributed by atoms with Gasteiger partial charge in [0.1, 0.15) is 11.9 Å². The quantitative estimate of drug-likeness (QED) is 0.897. The molecule has 1 atom stereocenters. The summed E-state index contributed by atoms with van der Waals surface area (Å²) in [5.74, 6) is 2.27. The largest absolute Gasteiger partial charge is 0.480 e. The van der Waals surface area contributed by atoms with E-state index in [0.717, 1.165) is 23.3 Å². The van der Waals surface area contributed by atoms with Crippen LogP contribution >= 0.6 is 23.3 Å². The lowest BCUT2D eigenvalue weighted by atomic mass is 10.3. The number of nitrogens with zero attached hydrogens (tertiary/aromatic N) is 3. The van der Waals surface area contributed by atoms with Gasteiger partial charge in [-0.2, -0.15) is 16.1 Å². The molecule has 1 unspecified atom stereocenters. The van der Waals surface area contributed by atoms with Gasteiger partial charge in [0.25, 0.3) is 0 Å². The van der Waals surface area contributed by atoms with Crippen LogP contribution in [0.15, 0.2) is 0 Å². The third kappa shape index (κ3) is 2.26. The Morgan fingerprint density at radius 1 is 1.47 bits per heavy atom. The summed E-state index contributed by atoms with van der Waals surface area (Å²) >= 11 is 3.03. The number of anilines is 1. The first kappa shape index (κ1) is 11.3. The van der Waals surface area contributed by atoms with E-state index in [0.29, 0.717) is 11.7 Å². The molecule has 2 heterocycles. The van der Waals surface area contributed by atoms with Crippen molar-refractivity contribution >= 4 is 34.4 Å². The standard InChI is InChI=1S/C10H13N3O2S2/c14-9(15)7-5-16-4-3-13(7)10-11-8(12-17-10)6-1-2-6/h6-7H,1-5H2,(H,14,15). The number of aromatic nitrogens is 2. The highest BCUT2D eigenvalue weighted by molar-refractivity contribution is 7.99. The molecule has 0 amide bonds. The molecule has 1 aromatic heterocycles. The molecule has 1 aliphatic carbocycles. The van der Waals surface area contributed by atoms with E-state index in [1.807, 2.05) is 4.90 Å². The molecule has 5 nitrogen and oxygen atoms in total. The van der Waals surface area contributed by atoms with E-state index in [4.69, 9.17) is 0 Å². The Labute approximate surface area is 107 Å². The van der Waals surface area contributed by atoms with Crippen LogP contribution < -0.4 is 4.90 Å². The van der Waals surface area contributed by atoms with Crippen LogP contribution in [-0.4, -0.2) is 44.5 Å². The van der Waals surface area contributed by atoms with Crippen molar-refractivity contribution in [3.8, 4) is 0 Å². The highest BCUT2D eigenvalue weighted by atomic mass is 32.2.